The van der Waals surface area contributed by atoms with Crippen LogP contribution in [0.15, 0.2) is 0 Å². The fraction of sp³-hybridized carbons (Fsp3) is 0.875. The van der Waals surface area contributed by atoms with E-state index in [0.717, 1.165) is 38.5 Å². The van der Waals surface area contributed by atoms with Gasteiger partial charge >= 0.3 is 11.9 Å². The Kier molecular flexibility index (Phi) is 9.26. The Balaban J connectivity index is 3.81. The minimum absolute atomic E-state index is 0.171. The van der Waals surface area contributed by atoms with E-state index in [0.29, 0.717) is 0 Å². The fourth-order valence-corrected chi connectivity index (χ4v) is 2.57. The van der Waals surface area contributed by atoms with E-state index >= 15 is 0 Å². The van der Waals surface area contributed by atoms with Crippen molar-refractivity contribution in [3.63, 3.8) is 0 Å². The first-order valence-electron chi connectivity index (χ1n) is 7.73. The second kappa shape index (κ2) is 9.78. The molecule has 0 bridgehead atoms. The highest BCUT2D eigenvalue weighted by Gasteiger charge is 2.21. The van der Waals surface area contributed by atoms with Crippen molar-refractivity contribution in [2.45, 2.75) is 66.2 Å². The molecule has 0 amide bonds. The van der Waals surface area contributed by atoms with Gasteiger partial charge < -0.3 is 10.2 Å². The molecule has 20 heavy (non-hydrogen) atoms. The van der Waals surface area contributed by atoms with Crippen molar-refractivity contribution in [3.05, 3.63) is 0 Å². The number of rotatable bonds is 11. The first-order chi connectivity index (χ1) is 9.27. The van der Waals surface area contributed by atoms with Crippen LogP contribution in [0.5, 0.6) is 0 Å². The van der Waals surface area contributed by atoms with E-state index in [1.165, 1.54) is 0 Å². The van der Waals surface area contributed by atoms with Gasteiger partial charge in [-0.05, 0) is 24.7 Å². The zero-order chi connectivity index (χ0) is 15.7. The van der Waals surface area contributed by atoms with E-state index in [-0.39, 0.29) is 23.7 Å². The van der Waals surface area contributed by atoms with Gasteiger partial charge in [-0.15, -0.1) is 0 Å². The molecule has 2 N–H and O–H groups in total. The van der Waals surface area contributed by atoms with E-state index in [1.54, 1.807) is 0 Å². The zero-order valence-corrected chi connectivity index (χ0v) is 13.3. The minimum Gasteiger partial charge on any atom is -0.481 e. The monoisotopic (exact) mass is 286 g/mol. The van der Waals surface area contributed by atoms with Crippen molar-refractivity contribution in [2.24, 2.45) is 23.7 Å². The molecule has 4 nitrogen and oxygen atoms in total. The maximum atomic E-state index is 11.0. The van der Waals surface area contributed by atoms with Gasteiger partial charge in [-0.25, -0.2) is 0 Å². The average molecular weight is 286 g/mol. The topological polar surface area (TPSA) is 74.6 Å². The van der Waals surface area contributed by atoms with E-state index in [1.807, 2.05) is 27.7 Å². The van der Waals surface area contributed by atoms with Gasteiger partial charge in [0.05, 0.1) is 11.8 Å². The van der Waals surface area contributed by atoms with Gasteiger partial charge in [0.1, 0.15) is 0 Å². The lowest BCUT2D eigenvalue weighted by molar-refractivity contribution is -0.144. The summed E-state index contributed by atoms with van der Waals surface area (Å²) in [6.45, 7) is 7.77. The fourth-order valence-electron chi connectivity index (χ4n) is 2.57. The number of carboxylic acids is 2. The molecule has 0 saturated carbocycles. The van der Waals surface area contributed by atoms with Gasteiger partial charge in [0, 0.05) is 0 Å². The maximum absolute atomic E-state index is 11.0. The number of hydrogen-bond donors (Lipinski definition) is 2. The van der Waals surface area contributed by atoms with Crippen molar-refractivity contribution in [1.29, 1.82) is 0 Å². The van der Waals surface area contributed by atoms with Crippen LogP contribution in [0.1, 0.15) is 66.2 Å². The van der Waals surface area contributed by atoms with Gasteiger partial charge in [-0.3, -0.25) is 9.59 Å². The Bertz CT molecular complexity index is 267. The third kappa shape index (κ3) is 7.51. The Morgan fingerprint density at radius 3 is 1.20 bits per heavy atom. The number of carboxylic acid groups (broad SMARTS) is 2. The van der Waals surface area contributed by atoms with Gasteiger partial charge in [-0.1, -0.05) is 53.4 Å². The third-order valence-electron chi connectivity index (χ3n) is 4.02. The molecular weight excluding hydrogens is 256 g/mol. The lowest BCUT2D eigenvalue weighted by atomic mass is 9.88. The molecule has 0 saturated heterocycles. The first-order valence-corrected chi connectivity index (χ1v) is 7.73. The molecule has 0 radical (unpaired) electrons. The highest BCUT2D eigenvalue weighted by atomic mass is 16.4. The van der Waals surface area contributed by atoms with Crippen molar-refractivity contribution < 1.29 is 19.8 Å². The van der Waals surface area contributed by atoms with Crippen LogP contribution in [-0.4, -0.2) is 22.2 Å². The van der Waals surface area contributed by atoms with Gasteiger partial charge in [0.2, 0.25) is 0 Å². The molecule has 0 aromatic heterocycles. The first kappa shape index (κ1) is 18.9. The summed E-state index contributed by atoms with van der Waals surface area (Å²) in [6, 6.07) is 0. The van der Waals surface area contributed by atoms with Gasteiger partial charge in [0.25, 0.3) is 0 Å². The summed E-state index contributed by atoms with van der Waals surface area (Å²) in [5.74, 6) is -1.57. The maximum Gasteiger partial charge on any atom is 0.306 e. The summed E-state index contributed by atoms with van der Waals surface area (Å²) in [7, 11) is 0. The second-order valence-corrected chi connectivity index (χ2v) is 6.37. The molecule has 4 heteroatoms. The van der Waals surface area contributed by atoms with Crippen LogP contribution in [0.4, 0.5) is 0 Å². The SMILES string of the molecule is CC(C)C(CCCCCCC(C(=O)O)C(C)C)C(=O)O. The molecule has 0 aliphatic carbocycles. The molecule has 0 heterocycles. The highest BCUT2D eigenvalue weighted by Crippen LogP contribution is 2.22. The van der Waals surface area contributed by atoms with Gasteiger partial charge in [-0.2, -0.15) is 0 Å². The summed E-state index contributed by atoms with van der Waals surface area (Å²) in [5, 5.41) is 18.2. The van der Waals surface area contributed by atoms with Crippen LogP contribution in [0.2, 0.25) is 0 Å². The van der Waals surface area contributed by atoms with Crippen molar-refractivity contribution in [1.82, 2.24) is 0 Å². The molecule has 0 spiro atoms. The second-order valence-electron chi connectivity index (χ2n) is 6.37. The molecule has 2 atom stereocenters. The lowest BCUT2D eigenvalue weighted by Crippen LogP contribution is -2.20. The summed E-state index contributed by atoms with van der Waals surface area (Å²) in [5.41, 5.74) is 0. The largest absolute Gasteiger partial charge is 0.481 e. The molecule has 0 rings (SSSR count). The standard InChI is InChI=1S/C16H30O4/c1-11(2)13(15(17)18)9-7-5-6-8-10-14(12(3)4)16(19)20/h11-14H,5-10H2,1-4H3,(H,17,18)(H,19,20). The Labute approximate surface area is 122 Å². The highest BCUT2D eigenvalue weighted by molar-refractivity contribution is 5.70. The predicted octanol–water partition coefficient (Wildman–Crippen LogP) is 4.04. The van der Waals surface area contributed by atoms with Crippen molar-refractivity contribution in [2.75, 3.05) is 0 Å². The summed E-state index contributed by atoms with van der Waals surface area (Å²) in [6.07, 6.45) is 5.24. The van der Waals surface area contributed by atoms with Crippen molar-refractivity contribution in [3.8, 4) is 0 Å². The van der Waals surface area contributed by atoms with E-state index in [4.69, 9.17) is 10.2 Å². The zero-order valence-electron chi connectivity index (χ0n) is 13.3. The average Bonchev–Trinajstić information content (AvgIpc) is 2.30. The summed E-state index contributed by atoms with van der Waals surface area (Å²) in [4.78, 5) is 22.1. The number of aliphatic carboxylic acids is 2. The van der Waals surface area contributed by atoms with Crippen LogP contribution in [0.3, 0.4) is 0 Å². The molecule has 2 unspecified atom stereocenters. The number of hydrogen-bond acceptors (Lipinski definition) is 2. The smallest absolute Gasteiger partial charge is 0.306 e. The molecule has 118 valence electrons. The normalized spacial score (nSPS) is 14.5. The summed E-state index contributed by atoms with van der Waals surface area (Å²) >= 11 is 0. The Hall–Kier alpha value is -1.06. The van der Waals surface area contributed by atoms with Crippen LogP contribution < -0.4 is 0 Å². The molecule has 0 aliphatic heterocycles. The minimum atomic E-state index is -0.703. The third-order valence-corrected chi connectivity index (χ3v) is 4.02. The van der Waals surface area contributed by atoms with E-state index < -0.39 is 11.9 Å². The van der Waals surface area contributed by atoms with Gasteiger partial charge in [0.15, 0.2) is 0 Å². The molecule has 0 aromatic carbocycles. The molecular formula is C16H30O4. The number of unbranched alkanes of at least 4 members (excludes halogenated alkanes) is 3. The summed E-state index contributed by atoms with van der Waals surface area (Å²) < 4.78 is 0. The molecule has 0 fully saturated rings. The van der Waals surface area contributed by atoms with Crippen LogP contribution in [0, 0.1) is 23.7 Å². The van der Waals surface area contributed by atoms with E-state index in [9.17, 15) is 9.59 Å². The predicted molar refractivity (Wildman–Crippen MR) is 79.6 cm³/mol. The lowest BCUT2D eigenvalue weighted by Gasteiger charge is -2.17. The molecule has 0 aliphatic rings. The number of carbonyl (C=O) groups is 2. The quantitative estimate of drug-likeness (QED) is 0.562. The Morgan fingerprint density at radius 1 is 0.700 bits per heavy atom. The van der Waals surface area contributed by atoms with Crippen LogP contribution >= 0.6 is 0 Å². The van der Waals surface area contributed by atoms with Crippen molar-refractivity contribution >= 4 is 11.9 Å². The van der Waals surface area contributed by atoms with Crippen LogP contribution in [0.25, 0.3) is 0 Å². The Morgan fingerprint density at radius 2 is 1.00 bits per heavy atom. The van der Waals surface area contributed by atoms with Crippen LogP contribution in [-0.2, 0) is 9.59 Å². The van der Waals surface area contributed by atoms with E-state index in [2.05, 4.69) is 0 Å². The molecule has 0 aromatic rings.